The zero-order valence-corrected chi connectivity index (χ0v) is 26.3. The Labute approximate surface area is 240 Å². The molecule has 3 atom stereocenters. The van der Waals surface area contributed by atoms with Crippen LogP contribution >= 0.6 is 0 Å². The van der Waals surface area contributed by atoms with Gasteiger partial charge in [-0.15, -0.1) is 0 Å². The third-order valence-corrected chi connectivity index (χ3v) is 12.0. The average molecular weight is 568 g/mol. The quantitative estimate of drug-likeness (QED) is 0.325. The number of benzene rings is 2. The highest BCUT2D eigenvalue weighted by Gasteiger charge is 2.53. The zero-order chi connectivity index (χ0) is 30.1. The summed E-state index contributed by atoms with van der Waals surface area (Å²) in [6.45, 7) is 13.7. The molecule has 0 aliphatic carbocycles. The van der Waals surface area contributed by atoms with Gasteiger partial charge in [0.1, 0.15) is 12.1 Å². The summed E-state index contributed by atoms with van der Waals surface area (Å²) in [4.78, 5) is 41.4. The van der Waals surface area contributed by atoms with Crippen LogP contribution in [0.5, 0.6) is 0 Å². The number of ketones is 1. The number of amides is 3. The summed E-state index contributed by atoms with van der Waals surface area (Å²) in [5, 5.41) is 5.63. The van der Waals surface area contributed by atoms with E-state index < -0.39 is 38.1 Å². The lowest BCUT2D eigenvalue weighted by Crippen LogP contribution is -2.73. The number of nitrogens with one attached hydrogen (secondary N) is 2. The number of alkyl carbamates (subject to hydrolysis) is 1. The summed E-state index contributed by atoms with van der Waals surface area (Å²) in [5.74, 6) is -0.361. The van der Waals surface area contributed by atoms with E-state index in [0.29, 0.717) is 0 Å². The molecule has 0 radical (unpaired) electrons. The maximum atomic E-state index is 13.7. The van der Waals surface area contributed by atoms with E-state index in [4.69, 9.17) is 9.16 Å². The summed E-state index contributed by atoms with van der Waals surface area (Å²) >= 11 is 0. The van der Waals surface area contributed by atoms with Crippen molar-refractivity contribution in [1.82, 2.24) is 15.5 Å². The number of rotatable bonds is 11. The van der Waals surface area contributed by atoms with Gasteiger partial charge in [-0.2, -0.15) is 0 Å². The molecule has 0 aliphatic heterocycles. The number of ether oxygens (including phenoxy) is 1. The number of carbonyl (C=O) groups is 3. The van der Waals surface area contributed by atoms with Gasteiger partial charge in [0.25, 0.3) is 0 Å². The second kappa shape index (κ2) is 13.8. The predicted molar refractivity (Wildman–Crippen MR) is 162 cm³/mol. The largest absolute Gasteiger partial charge is 0.445 e. The number of hydrogen-bond acceptors (Lipinski definition) is 5. The maximum Gasteiger partial charge on any atom is 0.408 e. The highest BCUT2D eigenvalue weighted by molar-refractivity contribution is 6.74. The Kier molecular flexibility index (Phi) is 11.3. The summed E-state index contributed by atoms with van der Waals surface area (Å²) < 4.78 is 12.2. The third kappa shape index (κ3) is 8.53. The van der Waals surface area contributed by atoms with E-state index in [1.165, 1.54) is 11.8 Å². The van der Waals surface area contributed by atoms with Crippen LogP contribution in [0.3, 0.4) is 0 Å². The summed E-state index contributed by atoms with van der Waals surface area (Å²) in [6.07, 6.45) is 1.99. The molecule has 218 valence electrons. The lowest BCUT2D eigenvalue weighted by Gasteiger charge is -2.47. The monoisotopic (exact) mass is 567 g/mol. The van der Waals surface area contributed by atoms with Gasteiger partial charge in [-0.1, -0.05) is 93.6 Å². The summed E-state index contributed by atoms with van der Waals surface area (Å²) in [5.41, 5.74) is 0.0391. The molecule has 0 fully saturated rings. The first kappa shape index (κ1) is 32.8. The molecular weight excluding hydrogens is 522 g/mol. The van der Waals surface area contributed by atoms with Crippen molar-refractivity contribution < 1.29 is 23.5 Å². The smallest absolute Gasteiger partial charge is 0.408 e. The van der Waals surface area contributed by atoms with Gasteiger partial charge in [0, 0.05) is 14.1 Å². The van der Waals surface area contributed by atoms with E-state index in [2.05, 4.69) is 44.5 Å². The van der Waals surface area contributed by atoms with E-state index in [0.717, 1.165) is 11.1 Å². The Hall–Kier alpha value is -3.43. The van der Waals surface area contributed by atoms with Gasteiger partial charge in [-0.25, -0.2) is 9.59 Å². The van der Waals surface area contributed by atoms with Crippen molar-refractivity contribution in [3.63, 3.8) is 0 Å². The van der Waals surface area contributed by atoms with E-state index in [1.807, 2.05) is 60.7 Å². The standard InChI is InChI=1S/C31H45N3O5Si/c1-23(35)31(33-28(36)34(6)7,24(2)39-40(8,9)30(3,4)5)27(21-20-25-16-12-10-13-17-25)32-29(37)38-22-26-18-14-11-15-19-26/h10-21,24,27H,22H2,1-9H3,(H,32,37)(H,33,36)/t24-,27+,31-/m0/s1. The van der Waals surface area contributed by atoms with E-state index in [1.54, 1.807) is 33.2 Å². The van der Waals surface area contributed by atoms with Crippen LogP contribution in [0.2, 0.25) is 18.1 Å². The fraction of sp³-hybridized carbons (Fsp3) is 0.452. The molecule has 0 bridgehead atoms. The Morgan fingerprint density at radius 2 is 1.52 bits per heavy atom. The molecule has 0 heterocycles. The van der Waals surface area contributed by atoms with Crippen molar-refractivity contribution in [3.05, 3.63) is 77.9 Å². The maximum absolute atomic E-state index is 13.7. The molecule has 2 aromatic carbocycles. The first-order valence-electron chi connectivity index (χ1n) is 13.5. The molecule has 40 heavy (non-hydrogen) atoms. The van der Waals surface area contributed by atoms with Crippen LogP contribution < -0.4 is 10.6 Å². The highest BCUT2D eigenvalue weighted by atomic mass is 28.4. The molecule has 0 saturated carbocycles. The number of carbonyl (C=O) groups excluding carboxylic acids is 3. The lowest BCUT2D eigenvalue weighted by atomic mass is 9.80. The van der Waals surface area contributed by atoms with Crippen LogP contribution in [-0.2, 0) is 20.6 Å². The number of nitrogens with zero attached hydrogens (tertiary/aromatic N) is 1. The van der Waals surface area contributed by atoms with Crippen molar-refractivity contribution in [2.75, 3.05) is 14.1 Å². The zero-order valence-electron chi connectivity index (χ0n) is 25.3. The van der Waals surface area contributed by atoms with Crippen molar-refractivity contribution >= 4 is 32.3 Å². The average Bonchev–Trinajstić information content (AvgIpc) is 2.88. The molecular formula is C31H45N3O5Si. The highest BCUT2D eigenvalue weighted by Crippen LogP contribution is 2.39. The van der Waals surface area contributed by atoms with E-state index in [-0.39, 0.29) is 17.4 Å². The normalized spacial score (nSPS) is 15.0. The first-order chi connectivity index (χ1) is 18.6. The SMILES string of the molecule is CC(=O)[C@](NC(=O)N(C)C)([C@H](C)O[Si](C)(C)C(C)(C)C)[C@@H](C=Cc1ccccc1)NC(=O)OCc1ccccc1. The van der Waals surface area contributed by atoms with Crippen LogP contribution in [0, 0.1) is 0 Å². The minimum absolute atomic E-state index is 0.0505. The van der Waals surface area contributed by atoms with Crippen LogP contribution in [0.1, 0.15) is 45.7 Å². The minimum Gasteiger partial charge on any atom is -0.445 e. The number of hydrogen-bond donors (Lipinski definition) is 2. The molecule has 0 saturated heterocycles. The number of Topliss-reactive ketones (excluding diaryl/α,β-unsaturated/α-hetero) is 1. The first-order valence-corrected chi connectivity index (χ1v) is 16.4. The molecule has 0 aliphatic rings. The molecule has 9 heteroatoms. The van der Waals surface area contributed by atoms with Crippen molar-refractivity contribution in [3.8, 4) is 0 Å². The molecule has 0 aromatic heterocycles. The predicted octanol–water partition coefficient (Wildman–Crippen LogP) is 6.00. The van der Waals surface area contributed by atoms with Crippen LogP contribution in [0.4, 0.5) is 9.59 Å². The fourth-order valence-corrected chi connectivity index (χ4v) is 5.43. The molecule has 2 aromatic rings. The summed E-state index contributed by atoms with van der Waals surface area (Å²) in [6, 6.07) is 17.3. The van der Waals surface area contributed by atoms with Crippen molar-refractivity contribution in [2.45, 2.75) is 77.0 Å². The van der Waals surface area contributed by atoms with Gasteiger partial charge < -0.3 is 24.7 Å². The minimum atomic E-state index is -2.42. The Morgan fingerprint density at radius 1 is 0.975 bits per heavy atom. The van der Waals surface area contributed by atoms with E-state index in [9.17, 15) is 14.4 Å². The van der Waals surface area contributed by atoms with Gasteiger partial charge in [-0.05, 0) is 43.1 Å². The second-order valence-corrected chi connectivity index (χ2v) is 16.5. The topological polar surface area (TPSA) is 97.0 Å². The summed E-state index contributed by atoms with van der Waals surface area (Å²) in [7, 11) is 0.767. The van der Waals surface area contributed by atoms with Gasteiger partial charge in [-0.3, -0.25) is 4.79 Å². The molecule has 0 unspecified atom stereocenters. The van der Waals surface area contributed by atoms with Crippen LogP contribution in [-0.4, -0.2) is 62.9 Å². The molecule has 8 nitrogen and oxygen atoms in total. The fourth-order valence-electron chi connectivity index (χ4n) is 4.00. The molecule has 2 rings (SSSR count). The molecule has 2 N–H and O–H groups in total. The van der Waals surface area contributed by atoms with Gasteiger partial charge in [0.15, 0.2) is 14.1 Å². The van der Waals surface area contributed by atoms with Crippen molar-refractivity contribution in [2.24, 2.45) is 0 Å². The third-order valence-electron chi connectivity index (χ3n) is 7.48. The van der Waals surface area contributed by atoms with Crippen molar-refractivity contribution in [1.29, 1.82) is 0 Å². The molecule has 3 amide bonds. The van der Waals surface area contributed by atoms with E-state index >= 15 is 0 Å². The Morgan fingerprint density at radius 3 is 2.02 bits per heavy atom. The second-order valence-electron chi connectivity index (χ2n) is 11.7. The number of urea groups is 1. The van der Waals surface area contributed by atoms with Crippen LogP contribution in [0.25, 0.3) is 6.08 Å². The van der Waals surface area contributed by atoms with Crippen LogP contribution in [0.15, 0.2) is 66.7 Å². The Bertz CT molecular complexity index is 1160. The Balaban J connectivity index is 2.59. The van der Waals surface area contributed by atoms with Gasteiger partial charge in [0.2, 0.25) is 0 Å². The lowest BCUT2D eigenvalue weighted by molar-refractivity contribution is -0.127. The van der Waals surface area contributed by atoms with Gasteiger partial charge >= 0.3 is 12.1 Å². The van der Waals surface area contributed by atoms with Gasteiger partial charge in [0.05, 0.1) is 12.1 Å². The molecule has 0 spiro atoms.